The van der Waals surface area contributed by atoms with E-state index in [1.165, 1.54) is 0 Å². The first-order valence-electron chi connectivity index (χ1n) is 4.53. The molecule has 0 bridgehead atoms. The Bertz CT molecular complexity index is 432. The number of aryl methyl sites for hydroxylation is 2. The Morgan fingerprint density at radius 3 is 2.71 bits per heavy atom. The molecule has 0 aliphatic heterocycles. The van der Waals surface area contributed by atoms with Crippen LogP contribution in [0, 0.1) is 19.9 Å². The van der Waals surface area contributed by atoms with Gasteiger partial charge in [0.05, 0.1) is 11.4 Å². The van der Waals surface area contributed by atoms with Gasteiger partial charge in [0.15, 0.2) is 0 Å². The maximum absolute atomic E-state index is 4.29. The number of rotatable bonds is 1. The lowest BCUT2D eigenvalue weighted by molar-refractivity contribution is 1.19. The Balaban J connectivity index is 2.50. The molecule has 2 rings (SSSR count). The zero-order valence-corrected chi connectivity index (χ0v) is 8.28. The van der Waals surface area contributed by atoms with E-state index < -0.39 is 0 Å². The lowest BCUT2D eigenvalue weighted by Gasteiger charge is -2.02. The fraction of sp³-hybridized carbons (Fsp3) is 0.167. The Labute approximate surface area is 83.7 Å². The number of aromatic nitrogens is 2. The average molecular weight is 183 g/mol. The van der Waals surface area contributed by atoms with Gasteiger partial charge in [-0.1, -0.05) is 6.07 Å². The molecule has 0 N–H and O–H groups in total. The van der Waals surface area contributed by atoms with Crippen LogP contribution in [0.25, 0.3) is 11.4 Å². The summed E-state index contributed by atoms with van der Waals surface area (Å²) < 4.78 is 0. The Morgan fingerprint density at radius 2 is 2.07 bits per heavy atom. The van der Waals surface area contributed by atoms with Crippen LogP contribution in [0.4, 0.5) is 0 Å². The summed E-state index contributed by atoms with van der Waals surface area (Å²) in [5.74, 6) is 0. The fourth-order valence-electron chi connectivity index (χ4n) is 1.29. The van der Waals surface area contributed by atoms with Crippen molar-refractivity contribution in [3.05, 3.63) is 47.8 Å². The Morgan fingerprint density at radius 1 is 1.21 bits per heavy atom. The minimum Gasteiger partial charge on any atom is -0.254 e. The van der Waals surface area contributed by atoms with Gasteiger partial charge in [-0.15, -0.1) is 0 Å². The Kier molecular flexibility index (Phi) is 2.27. The molecule has 0 aliphatic carbocycles. The molecule has 0 amide bonds. The number of hydrogen-bond donors (Lipinski definition) is 0. The summed E-state index contributed by atoms with van der Waals surface area (Å²) in [5, 5.41) is 0. The van der Waals surface area contributed by atoms with Crippen molar-refractivity contribution in [1.82, 2.24) is 9.97 Å². The minimum atomic E-state index is 0.814. The van der Waals surface area contributed by atoms with Gasteiger partial charge in [-0.2, -0.15) is 0 Å². The second kappa shape index (κ2) is 3.58. The van der Waals surface area contributed by atoms with Crippen LogP contribution in [0.1, 0.15) is 11.1 Å². The lowest BCUT2D eigenvalue weighted by atomic mass is 10.1. The van der Waals surface area contributed by atoms with E-state index in [2.05, 4.69) is 16.0 Å². The molecule has 2 nitrogen and oxygen atoms in total. The van der Waals surface area contributed by atoms with Crippen LogP contribution in [-0.4, -0.2) is 9.97 Å². The monoisotopic (exact) mass is 183 g/mol. The smallest absolute Gasteiger partial charge is 0.0968 e. The second-order valence-corrected chi connectivity index (χ2v) is 3.31. The molecule has 2 heterocycles. The molecule has 0 aliphatic rings. The molecule has 1 radical (unpaired) electrons. The van der Waals surface area contributed by atoms with Gasteiger partial charge in [-0.3, -0.25) is 9.97 Å². The van der Waals surface area contributed by atoms with Gasteiger partial charge in [0.2, 0.25) is 0 Å². The summed E-state index contributed by atoms with van der Waals surface area (Å²) in [6, 6.07) is 9.00. The molecule has 14 heavy (non-hydrogen) atoms. The third-order valence-corrected chi connectivity index (χ3v) is 2.07. The predicted octanol–water partition coefficient (Wildman–Crippen LogP) is 2.56. The van der Waals surface area contributed by atoms with Gasteiger partial charge in [-0.05, 0) is 37.1 Å². The van der Waals surface area contributed by atoms with E-state index in [9.17, 15) is 0 Å². The molecule has 2 aromatic heterocycles. The normalized spacial score (nSPS) is 10.1. The minimum absolute atomic E-state index is 0.814. The molecular weight excluding hydrogens is 172 g/mol. The highest BCUT2D eigenvalue weighted by atomic mass is 14.8. The molecule has 2 heteroatoms. The lowest BCUT2D eigenvalue weighted by Crippen LogP contribution is -1.90. The van der Waals surface area contributed by atoms with Crippen LogP contribution in [-0.2, 0) is 0 Å². The maximum atomic E-state index is 4.29. The third-order valence-electron chi connectivity index (χ3n) is 2.07. The van der Waals surface area contributed by atoms with E-state index in [1.54, 1.807) is 6.20 Å². The SMILES string of the molecule is Cc1c[c]c(-c2ncccc2C)nc1. The van der Waals surface area contributed by atoms with Gasteiger partial charge >= 0.3 is 0 Å². The second-order valence-electron chi connectivity index (χ2n) is 3.31. The highest BCUT2D eigenvalue weighted by Gasteiger charge is 2.02. The first-order valence-corrected chi connectivity index (χ1v) is 4.53. The predicted molar refractivity (Wildman–Crippen MR) is 55.8 cm³/mol. The van der Waals surface area contributed by atoms with Gasteiger partial charge in [0, 0.05) is 18.5 Å². The number of nitrogens with zero attached hydrogens (tertiary/aromatic N) is 2. The van der Waals surface area contributed by atoms with Crippen molar-refractivity contribution in [2.24, 2.45) is 0 Å². The van der Waals surface area contributed by atoms with Gasteiger partial charge in [-0.25, -0.2) is 0 Å². The summed E-state index contributed by atoms with van der Waals surface area (Å²) >= 11 is 0. The first kappa shape index (κ1) is 8.88. The summed E-state index contributed by atoms with van der Waals surface area (Å²) in [6.45, 7) is 4.02. The van der Waals surface area contributed by atoms with Crippen LogP contribution in [0.15, 0.2) is 30.6 Å². The van der Waals surface area contributed by atoms with Gasteiger partial charge < -0.3 is 0 Å². The zero-order chi connectivity index (χ0) is 9.97. The third kappa shape index (κ3) is 1.64. The molecule has 0 saturated carbocycles. The van der Waals surface area contributed by atoms with Crippen molar-refractivity contribution >= 4 is 0 Å². The van der Waals surface area contributed by atoms with E-state index in [-0.39, 0.29) is 0 Å². The van der Waals surface area contributed by atoms with E-state index in [0.29, 0.717) is 0 Å². The highest BCUT2D eigenvalue weighted by Crippen LogP contribution is 2.17. The van der Waals surface area contributed by atoms with E-state index in [4.69, 9.17) is 0 Å². The van der Waals surface area contributed by atoms with E-state index >= 15 is 0 Å². The Hall–Kier alpha value is -1.70. The van der Waals surface area contributed by atoms with Crippen molar-refractivity contribution in [3.63, 3.8) is 0 Å². The molecule has 0 unspecified atom stereocenters. The fourth-order valence-corrected chi connectivity index (χ4v) is 1.29. The number of hydrogen-bond acceptors (Lipinski definition) is 2. The topological polar surface area (TPSA) is 25.8 Å². The first-order chi connectivity index (χ1) is 6.77. The molecule has 0 fully saturated rings. The summed E-state index contributed by atoms with van der Waals surface area (Å²) in [4.78, 5) is 8.58. The summed E-state index contributed by atoms with van der Waals surface area (Å²) in [7, 11) is 0. The largest absolute Gasteiger partial charge is 0.254 e. The summed E-state index contributed by atoms with van der Waals surface area (Å²) in [5.41, 5.74) is 3.96. The van der Waals surface area contributed by atoms with Crippen molar-refractivity contribution in [2.75, 3.05) is 0 Å². The van der Waals surface area contributed by atoms with Crippen LogP contribution < -0.4 is 0 Å². The number of pyridine rings is 2. The van der Waals surface area contributed by atoms with Crippen molar-refractivity contribution in [2.45, 2.75) is 13.8 Å². The van der Waals surface area contributed by atoms with E-state index in [0.717, 1.165) is 22.5 Å². The molecule has 0 aromatic carbocycles. The maximum Gasteiger partial charge on any atom is 0.0968 e. The molecule has 2 aromatic rings. The van der Waals surface area contributed by atoms with Crippen LogP contribution in [0.3, 0.4) is 0 Å². The summed E-state index contributed by atoms with van der Waals surface area (Å²) in [6.07, 6.45) is 3.61. The van der Waals surface area contributed by atoms with Crippen LogP contribution in [0.5, 0.6) is 0 Å². The van der Waals surface area contributed by atoms with Crippen LogP contribution in [0.2, 0.25) is 0 Å². The van der Waals surface area contributed by atoms with Crippen molar-refractivity contribution < 1.29 is 0 Å². The molecular formula is C12H11N2. The van der Waals surface area contributed by atoms with Gasteiger partial charge in [0.25, 0.3) is 0 Å². The zero-order valence-electron chi connectivity index (χ0n) is 8.28. The quantitative estimate of drug-likeness (QED) is 0.679. The molecule has 0 atom stereocenters. The standard InChI is InChI=1S/C12H11N2/c1-9-5-6-11(14-8-9)12-10(2)4-3-7-13-12/h3-5,7-8H,1-2H3. The molecule has 0 saturated heterocycles. The average Bonchev–Trinajstić information content (AvgIpc) is 2.20. The van der Waals surface area contributed by atoms with Crippen LogP contribution >= 0.6 is 0 Å². The molecule has 0 spiro atoms. The van der Waals surface area contributed by atoms with Crippen molar-refractivity contribution in [1.29, 1.82) is 0 Å². The van der Waals surface area contributed by atoms with Gasteiger partial charge in [0.1, 0.15) is 0 Å². The van der Waals surface area contributed by atoms with Crippen molar-refractivity contribution in [3.8, 4) is 11.4 Å². The van der Waals surface area contributed by atoms with E-state index in [1.807, 2.05) is 38.2 Å². The highest BCUT2D eigenvalue weighted by molar-refractivity contribution is 5.57. The molecule has 69 valence electrons.